The summed E-state index contributed by atoms with van der Waals surface area (Å²) in [6.07, 6.45) is 5.77. The van der Waals surface area contributed by atoms with Gasteiger partial charge in [-0.05, 0) is 51.4 Å². The molecule has 2 rings (SSSR count). The zero-order valence-corrected chi connectivity index (χ0v) is 17.1. The van der Waals surface area contributed by atoms with Crippen molar-refractivity contribution < 1.29 is 14.0 Å². The quantitative estimate of drug-likeness (QED) is 0.401. The number of esters is 1. The summed E-state index contributed by atoms with van der Waals surface area (Å²) in [6, 6.07) is 10.2. The van der Waals surface area contributed by atoms with Gasteiger partial charge in [0.25, 0.3) is 0 Å². The predicted octanol–water partition coefficient (Wildman–Crippen LogP) is 5.57. The second-order valence-corrected chi connectivity index (χ2v) is 12.1. The van der Waals surface area contributed by atoms with Crippen LogP contribution in [0.15, 0.2) is 53.3 Å². The summed E-state index contributed by atoms with van der Waals surface area (Å²) in [6.45, 7) is 8.63. The van der Waals surface area contributed by atoms with Gasteiger partial charge in [0.1, 0.15) is 0 Å². The molecule has 1 aliphatic rings. The Kier molecular flexibility index (Phi) is 6.65. The van der Waals surface area contributed by atoms with Crippen LogP contribution in [0.4, 0.5) is 0 Å². The molecule has 0 saturated heterocycles. The Hall–Kier alpha value is -1.81. The Morgan fingerprint density at radius 3 is 2.40 bits per heavy atom. The van der Waals surface area contributed by atoms with Crippen molar-refractivity contribution in [2.24, 2.45) is 0 Å². The van der Waals surface area contributed by atoms with Crippen LogP contribution in [0.1, 0.15) is 44.1 Å². The normalized spacial score (nSPS) is 24.4. The summed E-state index contributed by atoms with van der Waals surface area (Å²) in [5.74, 6) is 0.564. The molecule has 25 heavy (non-hydrogen) atoms. The van der Waals surface area contributed by atoms with Gasteiger partial charge in [-0.1, -0.05) is 42.0 Å². The molecule has 0 amide bonds. The monoisotopic (exact) mass is 358 g/mol. The van der Waals surface area contributed by atoms with E-state index in [1.165, 1.54) is 12.7 Å². The molecule has 0 saturated carbocycles. The van der Waals surface area contributed by atoms with E-state index in [-0.39, 0.29) is 11.9 Å². The highest BCUT2D eigenvalue weighted by molar-refractivity contribution is 6.70. The first-order valence-electron chi connectivity index (χ1n) is 9.03. The molecular weight excluding hydrogens is 328 g/mol. The number of methoxy groups -OCH3 is 1. The summed E-state index contributed by atoms with van der Waals surface area (Å²) in [7, 11) is -0.376. The third-order valence-electron chi connectivity index (χ3n) is 4.38. The number of allylic oxidation sites excluding steroid dienone is 3. The molecule has 136 valence electrons. The van der Waals surface area contributed by atoms with Crippen LogP contribution in [0.3, 0.4) is 0 Å². The highest BCUT2D eigenvalue weighted by Gasteiger charge is 2.30. The number of rotatable bonds is 4. The van der Waals surface area contributed by atoms with E-state index in [9.17, 15) is 4.79 Å². The molecule has 3 nitrogen and oxygen atoms in total. The van der Waals surface area contributed by atoms with Gasteiger partial charge in [-0.25, -0.2) is 4.79 Å². The Balaban J connectivity index is 2.58. The number of benzene rings is 1. The lowest BCUT2D eigenvalue weighted by Crippen LogP contribution is -2.28. The van der Waals surface area contributed by atoms with Gasteiger partial charge in [0.15, 0.2) is 0 Å². The van der Waals surface area contributed by atoms with Crippen LogP contribution in [-0.2, 0) is 14.0 Å². The molecule has 1 atom stereocenters. The lowest BCUT2D eigenvalue weighted by molar-refractivity contribution is -0.136. The van der Waals surface area contributed by atoms with Crippen LogP contribution in [-0.4, -0.2) is 21.4 Å². The molecule has 0 unspecified atom stereocenters. The molecule has 0 N–H and O–H groups in total. The number of carbonyl (C=O) groups is 1. The Morgan fingerprint density at radius 2 is 1.80 bits per heavy atom. The minimum absolute atomic E-state index is 0.00134. The van der Waals surface area contributed by atoms with E-state index >= 15 is 0 Å². The van der Waals surface area contributed by atoms with Crippen molar-refractivity contribution >= 4 is 14.3 Å². The molecule has 0 fully saturated rings. The van der Waals surface area contributed by atoms with Crippen LogP contribution in [0.25, 0.3) is 0 Å². The minimum atomic E-state index is -1.83. The largest absolute Gasteiger partial charge is 0.547 e. The van der Waals surface area contributed by atoms with Gasteiger partial charge in [-0.15, -0.1) is 0 Å². The second kappa shape index (κ2) is 8.52. The zero-order chi connectivity index (χ0) is 18.4. The van der Waals surface area contributed by atoms with Crippen molar-refractivity contribution in [2.45, 2.75) is 58.2 Å². The number of hydrogen-bond donors (Lipinski definition) is 0. The number of ether oxygens (including phenoxy) is 1. The maximum absolute atomic E-state index is 12.7. The zero-order valence-electron chi connectivity index (χ0n) is 16.1. The van der Waals surface area contributed by atoms with Gasteiger partial charge < -0.3 is 9.16 Å². The highest BCUT2D eigenvalue weighted by atomic mass is 28.4. The fraction of sp³-hybridized carbons (Fsp3) is 0.476. The first kappa shape index (κ1) is 19.5. The van der Waals surface area contributed by atoms with E-state index in [0.29, 0.717) is 5.57 Å². The van der Waals surface area contributed by atoms with Crippen LogP contribution in [0.5, 0.6) is 0 Å². The molecule has 0 bridgehead atoms. The predicted molar refractivity (Wildman–Crippen MR) is 105 cm³/mol. The fourth-order valence-electron chi connectivity index (χ4n) is 3.26. The molecule has 0 spiro atoms. The topological polar surface area (TPSA) is 35.5 Å². The average Bonchev–Trinajstić information content (AvgIpc) is 2.63. The van der Waals surface area contributed by atoms with E-state index in [1.807, 2.05) is 18.2 Å². The van der Waals surface area contributed by atoms with E-state index in [2.05, 4.69) is 44.8 Å². The molecule has 0 heterocycles. The van der Waals surface area contributed by atoms with Gasteiger partial charge in [0.2, 0.25) is 8.32 Å². The van der Waals surface area contributed by atoms with E-state index in [1.54, 1.807) is 0 Å². The van der Waals surface area contributed by atoms with Crippen molar-refractivity contribution in [1.29, 1.82) is 0 Å². The van der Waals surface area contributed by atoms with Gasteiger partial charge in [0.05, 0.1) is 18.4 Å². The fourth-order valence-corrected chi connectivity index (χ4v) is 4.21. The summed E-state index contributed by atoms with van der Waals surface area (Å²) in [4.78, 5) is 12.7. The Bertz CT molecular complexity index is 653. The highest BCUT2D eigenvalue weighted by Crippen LogP contribution is 2.37. The molecule has 1 aliphatic carbocycles. The van der Waals surface area contributed by atoms with E-state index in [4.69, 9.17) is 9.16 Å². The van der Waals surface area contributed by atoms with Crippen LogP contribution in [0, 0.1) is 0 Å². The van der Waals surface area contributed by atoms with Gasteiger partial charge in [-0.3, -0.25) is 0 Å². The molecule has 0 aliphatic heterocycles. The van der Waals surface area contributed by atoms with Crippen molar-refractivity contribution in [1.82, 2.24) is 0 Å². The smallest absolute Gasteiger partial charge is 0.337 e. The summed E-state index contributed by atoms with van der Waals surface area (Å²) < 4.78 is 11.6. The standard InChI is InChI=1S/C21H30O3Si/c1-16-10-9-13-19(24-25(3,4)5)20(21(22)23-2)18(15-14-16)17-11-7-6-8-12-17/h6-8,10-12,18H,9,13-15H2,1-5H3/b16-10+,20-19-/t18-/m1/s1. The van der Waals surface area contributed by atoms with Crippen LogP contribution < -0.4 is 0 Å². The van der Waals surface area contributed by atoms with E-state index < -0.39 is 8.32 Å². The molecular formula is C21H30O3Si. The molecule has 1 aromatic rings. The maximum atomic E-state index is 12.7. The first-order valence-corrected chi connectivity index (χ1v) is 12.4. The summed E-state index contributed by atoms with van der Waals surface area (Å²) in [5, 5.41) is 0. The van der Waals surface area contributed by atoms with Crippen LogP contribution >= 0.6 is 0 Å². The number of carbonyl (C=O) groups excluding carboxylic acids is 1. The van der Waals surface area contributed by atoms with Crippen molar-refractivity contribution in [3.05, 3.63) is 58.9 Å². The van der Waals surface area contributed by atoms with Crippen molar-refractivity contribution in [2.75, 3.05) is 7.11 Å². The van der Waals surface area contributed by atoms with E-state index in [0.717, 1.165) is 37.0 Å². The average molecular weight is 359 g/mol. The Morgan fingerprint density at radius 1 is 1.12 bits per heavy atom. The van der Waals surface area contributed by atoms with Gasteiger partial charge in [-0.2, -0.15) is 0 Å². The van der Waals surface area contributed by atoms with Crippen molar-refractivity contribution in [3.8, 4) is 0 Å². The molecule has 4 heteroatoms. The maximum Gasteiger partial charge on any atom is 0.337 e. The minimum Gasteiger partial charge on any atom is -0.547 e. The molecule has 0 radical (unpaired) electrons. The van der Waals surface area contributed by atoms with Crippen molar-refractivity contribution in [3.63, 3.8) is 0 Å². The Labute approximate surface area is 152 Å². The lowest BCUT2D eigenvalue weighted by atomic mass is 9.85. The second-order valence-electron chi connectivity index (χ2n) is 7.63. The first-order chi connectivity index (χ1) is 11.8. The SMILES string of the molecule is COC(=O)/C1=C(\O[Si](C)(C)C)CC/C=C(\C)CC[C@@H]1c1ccccc1. The number of hydrogen-bond acceptors (Lipinski definition) is 3. The van der Waals surface area contributed by atoms with Gasteiger partial charge in [0, 0.05) is 12.3 Å². The lowest BCUT2D eigenvalue weighted by Gasteiger charge is -2.27. The molecule has 0 aromatic heterocycles. The van der Waals surface area contributed by atoms with Gasteiger partial charge >= 0.3 is 5.97 Å². The third-order valence-corrected chi connectivity index (χ3v) is 5.24. The van der Waals surface area contributed by atoms with Crippen LogP contribution in [0.2, 0.25) is 19.6 Å². The summed E-state index contributed by atoms with van der Waals surface area (Å²) in [5.41, 5.74) is 3.23. The summed E-state index contributed by atoms with van der Waals surface area (Å²) >= 11 is 0. The third kappa shape index (κ3) is 5.60. The molecule has 1 aromatic carbocycles.